The average Bonchev–Trinajstić information content (AvgIpc) is 2.03. The Morgan fingerprint density at radius 2 is 1.64 bits per heavy atom. The van der Waals surface area contributed by atoms with Crippen molar-refractivity contribution >= 4 is 5.78 Å². The molecule has 0 unspecified atom stereocenters. The Balaban J connectivity index is 2.56. The highest BCUT2D eigenvalue weighted by atomic mass is 16.1. The topological polar surface area (TPSA) is 23.6 Å². The van der Waals surface area contributed by atoms with Crippen LogP contribution in [0.5, 0.6) is 0 Å². The molecule has 60 valence electrons. The molecule has 1 fully saturated rings. The molecule has 1 aliphatic heterocycles. The summed E-state index contributed by atoms with van der Waals surface area (Å²) in [7, 11) is 0. The molecule has 0 bridgehead atoms. The lowest BCUT2D eigenvalue weighted by atomic mass is 10.3. The SMILES string of the molecule is C=CN1CC(=O)CN(C=C)C1. The van der Waals surface area contributed by atoms with Crippen molar-refractivity contribution in [2.75, 3.05) is 19.8 Å². The molecule has 0 radical (unpaired) electrons. The van der Waals surface area contributed by atoms with Crippen LogP contribution in [0.3, 0.4) is 0 Å². The van der Waals surface area contributed by atoms with Gasteiger partial charge in [0.25, 0.3) is 0 Å². The van der Waals surface area contributed by atoms with Crippen LogP contribution in [-0.4, -0.2) is 35.3 Å². The van der Waals surface area contributed by atoms with Gasteiger partial charge in [0.05, 0.1) is 19.8 Å². The third-order valence-corrected chi connectivity index (χ3v) is 1.64. The molecule has 11 heavy (non-hydrogen) atoms. The predicted molar refractivity (Wildman–Crippen MR) is 43.7 cm³/mol. The van der Waals surface area contributed by atoms with Gasteiger partial charge in [-0.2, -0.15) is 0 Å². The van der Waals surface area contributed by atoms with Crippen LogP contribution >= 0.6 is 0 Å². The number of carbonyl (C=O) groups is 1. The smallest absolute Gasteiger partial charge is 0.171 e. The summed E-state index contributed by atoms with van der Waals surface area (Å²) in [5, 5.41) is 0. The van der Waals surface area contributed by atoms with E-state index in [1.807, 2.05) is 9.80 Å². The zero-order valence-electron chi connectivity index (χ0n) is 6.49. The number of ketones is 1. The van der Waals surface area contributed by atoms with Gasteiger partial charge in [-0.1, -0.05) is 13.2 Å². The molecule has 3 heteroatoms. The van der Waals surface area contributed by atoms with Crippen LogP contribution in [0.1, 0.15) is 0 Å². The minimum Gasteiger partial charge on any atom is -0.353 e. The normalized spacial score (nSPS) is 18.4. The first-order valence-electron chi connectivity index (χ1n) is 3.51. The van der Waals surface area contributed by atoms with Crippen molar-refractivity contribution in [2.24, 2.45) is 0 Å². The van der Waals surface area contributed by atoms with E-state index in [1.165, 1.54) is 0 Å². The zero-order valence-corrected chi connectivity index (χ0v) is 6.49. The van der Waals surface area contributed by atoms with E-state index in [0.29, 0.717) is 13.1 Å². The van der Waals surface area contributed by atoms with Crippen molar-refractivity contribution in [3.05, 3.63) is 25.6 Å². The fourth-order valence-corrected chi connectivity index (χ4v) is 1.08. The van der Waals surface area contributed by atoms with Crippen molar-refractivity contribution in [1.82, 2.24) is 9.80 Å². The van der Waals surface area contributed by atoms with Crippen molar-refractivity contribution in [3.8, 4) is 0 Å². The molecule has 0 amide bonds. The summed E-state index contributed by atoms with van der Waals surface area (Å²) >= 11 is 0. The summed E-state index contributed by atoms with van der Waals surface area (Å²) in [6, 6.07) is 0. The van der Waals surface area contributed by atoms with Gasteiger partial charge < -0.3 is 9.80 Å². The van der Waals surface area contributed by atoms with E-state index in [2.05, 4.69) is 13.2 Å². The standard InChI is InChI=1S/C8H12N2O/c1-3-9-5-8(11)6-10(4-2)7-9/h3-4H,1-2,5-7H2. The number of Topliss-reactive ketones (excluding diaryl/α,β-unsaturated/α-hetero) is 1. The summed E-state index contributed by atoms with van der Waals surface area (Å²) in [5.41, 5.74) is 0. The molecule has 0 N–H and O–H groups in total. The molecule has 0 aromatic heterocycles. The molecule has 3 nitrogen and oxygen atoms in total. The van der Waals surface area contributed by atoms with Gasteiger partial charge in [0, 0.05) is 0 Å². The third kappa shape index (κ3) is 1.83. The first-order chi connectivity index (χ1) is 5.26. The van der Waals surface area contributed by atoms with Crippen LogP contribution in [-0.2, 0) is 4.79 Å². The van der Waals surface area contributed by atoms with Gasteiger partial charge in [-0.3, -0.25) is 4.79 Å². The molecule has 1 saturated heterocycles. The largest absolute Gasteiger partial charge is 0.353 e. The van der Waals surface area contributed by atoms with Gasteiger partial charge in [0.1, 0.15) is 0 Å². The number of rotatable bonds is 2. The molecular formula is C8H12N2O. The van der Waals surface area contributed by atoms with Crippen LogP contribution < -0.4 is 0 Å². The highest BCUT2D eigenvalue weighted by Crippen LogP contribution is 2.02. The Labute approximate surface area is 66.6 Å². The van der Waals surface area contributed by atoms with E-state index in [1.54, 1.807) is 12.4 Å². The zero-order chi connectivity index (χ0) is 8.27. The monoisotopic (exact) mass is 152 g/mol. The fourth-order valence-electron chi connectivity index (χ4n) is 1.08. The average molecular weight is 152 g/mol. The summed E-state index contributed by atoms with van der Waals surface area (Å²) in [4.78, 5) is 14.7. The van der Waals surface area contributed by atoms with E-state index in [-0.39, 0.29) is 5.78 Å². The minimum atomic E-state index is 0.205. The highest BCUT2D eigenvalue weighted by molar-refractivity contribution is 5.83. The molecule has 1 rings (SSSR count). The first kappa shape index (κ1) is 7.85. The van der Waals surface area contributed by atoms with Gasteiger partial charge in [-0.25, -0.2) is 0 Å². The second-order valence-corrected chi connectivity index (χ2v) is 2.54. The quantitative estimate of drug-likeness (QED) is 0.573. The van der Waals surface area contributed by atoms with Crippen molar-refractivity contribution in [1.29, 1.82) is 0 Å². The molecule has 0 atom stereocenters. The molecule has 0 saturated carbocycles. The molecule has 0 aromatic rings. The van der Waals surface area contributed by atoms with Gasteiger partial charge in [0.2, 0.25) is 0 Å². The van der Waals surface area contributed by atoms with E-state index in [0.717, 1.165) is 6.67 Å². The third-order valence-electron chi connectivity index (χ3n) is 1.64. The maximum absolute atomic E-state index is 11.0. The van der Waals surface area contributed by atoms with E-state index < -0.39 is 0 Å². The maximum Gasteiger partial charge on any atom is 0.171 e. The Bertz CT molecular complexity index is 171. The minimum absolute atomic E-state index is 0.205. The molecule has 1 aliphatic rings. The van der Waals surface area contributed by atoms with Crippen LogP contribution in [0.25, 0.3) is 0 Å². The lowest BCUT2D eigenvalue weighted by Crippen LogP contribution is -2.45. The lowest BCUT2D eigenvalue weighted by molar-refractivity contribution is -0.123. The number of hydrogen-bond donors (Lipinski definition) is 0. The van der Waals surface area contributed by atoms with E-state index in [4.69, 9.17) is 0 Å². The summed E-state index contributed by atoms with van der Waals surface area (Å²) in [5.74, 6) is 0.205. The van der Waals surface area contributed by atoms with Gasteiger partial charge >= 0.3 is 0 Å². The number of nitrogens with zero attached hydrogens (tertiary/aromatic N) is 2. The Kier molecular flexibility index (Phi) is 2.31. The second kappa shape index (κ2) is 3.23. The Morgan fingerprint density at radius 1 is 1.18 bits per heavy atom. The molecule has 0 aromatic carbocycles. The Hall–Kier alpha value is -1.25. The van der Waals surface area contributed by atoms with Gasteiger partial charge in [0.15, 0.2) is 5.78 Å². The van der Waals surface area contributed by atoms with Crippen LogP contribution in [0.2, 0.25) is 0 Å². The summed E-state index contributed by atoms with van der Waals surface area (Å²) in [6.07, 6.45) is 3.35. The molecule has 0 spiro atoms. The van der Waals surface area contributed by atoms with Gasteiger partial charge in [-0.15, -0.1) is 0 Å². The molecular weight excluding hydrogens is 140 g/mol. The second-order valence-electron chi connectivity index (χ2n) is 2.54. The van der Waals surface area contributed by atoms with Crippen LogP contribution in [0.4, 0.5) is 0 Å². The van der Waals surface area contributed by atoms with Crippen molar-refractivity contribution in [2.45, 2.75) is 0 Å². The highest BCUT2D eigenvalue weighted by Gasteiger charge is 2.17. The number of carbonyl (C=O) groups excluding carboxylic acids is 1. The predicted octanol–water partition coefficient (Wildman–Crippen LogP) is 0.418. The van der Waals surface area contributed by atoms with E-state index >= 15 is 0 Å². The van der Waals surface area contributed by atoms with Crippen molar-refractivity contribution in [3.63, 3.8) is 0 Å². The lowest BCUT2D eigenvalue weighted by Gasteiger charge is -2.32. The fraction of sp³-hybridized carbons (Fsp3) is 0.375. The summed E-state index contributed by atoms with van der Waals surface area (Å²) < 4.78 is 0. The molecule has 0 aliphatic carbocycles. The molecule has 1 heterocycles. The van der Waals surface area contributed by atoms with Crippen LogP contribution in [0.15, 0.2) is 25.6 Å². The Morgan fingerprint density at radius 3 is 2.00 bits per heavy atom. The first-order valence-corrected chi connectivity index (χ1v) is 3.51. The van der Waals surface area contributed by atoms with E-state index in [9.17, 15) is 4.79 Å². The van der Waals surface area contributed by atoms with Gasteiger partial charge in [-0.05, 0) is 12.4 Å². The number of hydrogen-bond acceptors (Lipinski definition) is 3. The van der Waals surface area contributed by atoms with Crippen LogP contribution in [0, 0.1) is 0 Å². The summed E-state index contributed by atoms with van der Waals surface area (Å²) in [6.45, 7) is 8.88. The van der Waals surface area contributed by atoms with Crippen molar-refractivity contribution < 1.29 is 4.79 Å². The maximum atomic E-state index is 11.0.